The summed E-state index contributed by atoms with van der Waals surface area (Å²) < 4.78 is 0. The van der Waals surface area contributed by atoms with E-state index in [1.54, 1.807) is 12.2 Å². The van der Waals surface area contributed by atoms with E-state index in [-0.39, 0.29) is 0 Å². The number of carbonyl (C=O) groups excluding carboxylic acids is 1. The quantitative estimate of drug-likeness (QED) is 0.556. The van der Waals surface area contributed by atoms with Gasteiger partial charge in [0.05, 0.1) is 7.11 Å². The van der Waals surface area contributed by atoms with Crippen LogP contribution in [0.1, 0.15) is 12.8 Å². The number of hydrogen-bond donors (Lipinski definition) is 1. The Bertz CT molecular complexity index is 141. The summed E-state index contributed by atoms with van der Waals surface area (Å²) in [6.07, 6.45) is 1.55. The molecule has 0 atom stereocenters. The first-order valence-corrected chi connectivity index (χ1v) is 3.68. The standard InChI is InChI=1S/C7H13NO3/c1-11-8-4-2-7(10,6-9)3-5-8/h6,10H,2-5H2,1H3. The number of aldehydes is 1. The third-order valence-electron chi connectivity index (χ3n) is 2.07. The Labute approximate surface area is 65.7 Å². The fraction of sp³-hybridized carbons (Fsp3) is 0.857. The first-order valence-electron chi connectivity index (χ1n) is 3.68. The van der Waals surface area contributed by atoms with Crippen LogP contribution in [0.2, 0.25) is 0 Å². The van der Waals surface area contributed by atoms with Gasteiger partial charge in [-0.3, -0.25) is 0 Å². The van der Waals surface area contributed by atoms with Crippen molar-refractivity contribution in [2.45, 2.75) is 18.4 Å². The molecule has 4 heteroatoms. The molecule has 1 aliphatic rings. The van der Waals surface area contributed by atoms with E-state index in [0.29, 0.717) is 32.2 Å². The Morgan fingerprint density at radius 2 is 2.09 bits per heavy atom. The molecule has 0 unspecified atom stereocenters. The van der Waals surface area contributed by atoms with E-state index < -0.39 is 5.60 Å². The van der Waals surface area contributed by atoms with Crippen molar-refractivity contribution in [2.24, 2.45) is 0 Å². The first-order chi connectivity index (χ1) is 5.20. The molecule has 0 aliphatic carbocycles. The molecule has 1 saturated heterocycles. The summed E-state index contributed by atoms with van der Waals surface area (Å²) in [6.45, 7) is 1.23. The van der Waals surface area contributed by atoms with Crippen molar-refractivity contribution in [2.75, 3.05) is 20.2 Å². The Hall–Kier alpha value is -0.450. The van der Waals surface area contributed by atoms with Gasteiger partial charge < -0.3 is 14.7 Å². The molecule has 0 saturated carbocycles. The summed E-state index contributed by atoms with van der Waals surface area (Å²) in [7, 11) is 1.59. The van der Waals surface area contributed by atoms with E-state index in [1.165, 1.54) is 0 Å². The Balaban J connectivity index is 2.41. The van der Waals surface area contributed by atoms with Crippen LogP contribution in [0.3, 0.4) is 0 Å². The van der Waals surface area contributed by atoms with E-state index in [9.17, 15) is 9.90 Å². The van der Waals surface area contributed by atoms with Crippen LogP contribution in [-0.4, -0.2) is 42.3 Å². The van der Waals surface area contributed by atoms with E-state index >= 15 is 0 Å². The van der Waals surface area contributed by atoms with E-state index in [0.717, 1.165) is 0 Å². The molecule has 4 nitrogen and oxygen atoms in total. The molecule has 11 heavy (non-hydrogen) atoms. The number of hydrogen-bond acceptors (Lipinski definition) is 4. The van der Waals surface area contributed by atoms with E-state index in [2.05, 4.69) is 0 Å². The number of nitrogens with zero attached hydrogens (tertiary/aromatic N) is 1. The van der Waals surface area contributed by atoms with Gasteiger partial charge in [-0.25, -0.2) is 0 Å². The number of piperidine rings is 1. The highest BCUT2D eigenvalue weighted by Crippen LogP contribution is 2.19. The van der Waals surface area contributed by atoms with Crippen molar-refractivity contribution in [3.8, 4) is 0 Å². The summed E-state index contributed by atoms with van der Waals surface area (Å²) in [6, 6.07) is 0. The molecule has 0 bridgehead atoms. The second kappa shape index (κ2) is 3.30. The number of hydroxylamine groups is 2. The van der Waals surface area contributed by atoms with Gasteiger partial charge in [-0.15, -0.1) is 0 Å². The van der Waals surface area contributed by atoms with Crippen LogP contribution in [0.4, 0.5) is 0 Å². The topological polar surface area (TPSA) is 49.8 Å². The molecule has 1 rings (SSSR count). The van der Waals surface area contributed by atoms with Crippen LogP contribution in [0.25, 0.3) is 0 Å². The predicted molar refractivity (Wildman–Crippen MR) is 38.8 cm³/mol. The minimum Gasteiger partial charge on any atom is -0.382 e. The molecular weight excluding hydrogens is 146 g/mol. The SMILES string of the molecule is CON1CCC(O)(C=O)CC1. The van der Waals surface area contributed by atoms with Crippen LogP contribution < -0.4 is 0 Å². The minimum atomic E-state index is -1.10. The molecule has 1 fully saturated rings. The molecule has 0 aromatic rings. The molecule has 1 heterocycles. The fourth-order valence-electron chi connectivity index (χ4n) is 1.17. The van der Waals surface area contributed by atoms with E-state index in [1.807, 2.05) is 0 Å². The van der Waals surface area contributed by atoms with Gasteiger partial charge >= 0.3 is 0 Å². The smallest absolute Gasteiger partial charge is 0.151 e. The van der Waals surface area contributed by atoms with Crippen molar-refractivity contribution >= 4 is 6.29 Å². The molecule has 1 N–H and O–H groups in total. The molecule has 64 valence electrons. The van der Waals surface area contributed by atoms with Gasteiger partial charge in [-0.2, -0.15) is 5.06 Å². The van der Waals surface area contributed by atoms with Crippen molar-refractivity contribution < 1.29 is 14.7 Å². The maximum Gasteiger partial charge on any atom is 0.151 e. The Kier molecular flexibility index (Phi) is 2.59. The highest BCUT2D eigenvalue weighted by Gasteiger charge is 2.31. The second-order valence-corrected chi connectivity index (χ2v) is 2.83. The molecule has 0 aromatic carbocycles. The summed E-state index contributed by atoms with van der Waals surface area (Å²) in [5.41, 5.74) is -1.10. The largest absolute Gasteiger partial charge is 0.382 e. The van der Waals surface area contributed by atoms with Crippen molar-refractivity contribution in [3.05, 3.63) is 0 Å². The lowest BCUT2D eigenvalue weighted by atomic mass is 9.94. The lowest BCUT2D eigenvalue weighted by molar-refractivity contribution is -0.173. The zero-order valence-corrected chi connectivity index (χ0v) is 6.62. The normalized spacial score (nSPS) is 24.9. The van der Waals surface area contributed by atoms with Crippen LogP contribution in [0, 0.1) is 0 Å². The van der Waals surface area contributed by atoms with E-state index in [4.69, 9.17) is 4.84 Å². The van der Waals surface area contributed by atoms with Gasteiger partial charge in [-0.05, 0) is 12.8 Å². The van der Waals surface area contributed by atoms with Gasteiger partial charge in [0, 0.05) is 13.1 Å². The Morgan fingerprint density at radius 1 is 1.55 bits per heavy atom. The van der Waals surface area contributed by atoms with Crippen LogP contribution in [0.15, 0.2) is 0 Å². The molecular formula is C7H13NO3. The predicted octanol–water partition coefficient (Wildman–Crippen LogP) is -0.426. The third kappa shape index (κ3) is 1.99. The van der Waals surface area contributed by atoms with Gasteiger partial charge in [-0.1, -0.05) is 0 Å². The van der Waals surface area contributed by atoms with Crippen molar-refractivity contribution in [1.82, 2.24) is 5.06 Å². The average molecular weight is 159 g/mol. The Morgan fingerprint density at radius 3 is 2.45 bits per heavy atom. The zero-order chi connectivity index (χ0) is 8.32. The molecule has 0 spiro atoms. The van der Waals surface area contributed by atoms with Gasteiger partial charge in [0.25, 0.3) is 0 Å². The summed E-state index contributed by atoms with van der Waals surface area (Å²) in [5, 5.41) is 11.2. The maximum atomic E-state index is 10.4. The van der Waals surface area contributed by atoms with Crippen LogP contribution in [0.5, 0.6) is 0 Å². The monoisotopic (exact) mass is 159 g/mol. The maximum absolute atomic E-state index is 10.4. The highest BCUT2D eigenvalue weighted by atomic mass is 16.7. The minimum absolute atomic E-state index is 0.463. The second-order valence-electron chi connectivity index (χ2n) is 2.83. The number of rotatable bonds is 2. The molecule has 0 aromatic heterocycles. The average Bonchev–Trinajstić information content (AvgIpc) is 2.06. The molecule has 1 aliphatic heterocycles. The van der Waals surface area contributed by atoms with Gasteiger partial charge in [0.1, 0.15) is 5.60 Å². The summed E-state index contributed by atoms with van der Waals surface area (Å²) >= 11 is 0. The first kappa shape index (κ1) is 8.64. The fourth-order valence-corrected chi connectivity index (χ4v) is 1.17. The highest BCUT2D eigenvalue weighted by molar-refractivity contribution is 5.62. The lowest BCUT2D eigenvalue weighted by Gasteiger charge is -2.32. The zero-order valence-electron chi connectivity index (χ0n) is 6.62. The van der Waals surface area contributed by atoms with Crippen LogP contribution >= 0.6 is 0 Å². The third-order valence-corrected chi connectivity index (χ3v) is 2.07. The molecule has 0 radical (unpaired) electrons. The van der Waals surface area contributed by atoms with Crippen molar-refractivity contribution in [1.29, 1.82) is 0 Å². The number of carbonyl (C=O) groups is 1. The molecule has 0 amide bonds. The van der Waals surface area contributed by atoms with Gasteiger partial charge in [0.15, 0.2) is 6.29 Å². The van der Waals surface area contributed by atoms with Crippen molar-refractivity contribution in [3.63, 3.8) is 0 Å². The summed E-state index contributed by atoms with van der Waals surface area (Å²) in [5.74, 6) is 0. The van der Waals surface area contributed by atoms with Crippen LogP contribution in [-0.2, 0) is 9.63 Å². The lowest BCUT2D eigenvalue weighted by Crippen LogP contribution is -2.44. The van der Waals surface area contributed by atoms with Gasteiger partial charge in [0.2, 0.25) is 0 Å². The summed E-state index contributed by atoms with van der Waals surface area (Å²) in [4.78, 5) is 15.3. The number of aliphatic hydroxyl groups is 1.